The Morgan fingerprint density at radius 1 is 1.09 bits per heavy atom. The Labute approximate surface area is 213 Å². The first-order valence-corrected chi connectivity index (χ1v) is 12.2. The van der Waals surface area contributed by atoms with Crippen molar-refractivity contribution >= 4 is 46.3 Å². The van der Waals surface area contributed by atoms with Gasteiger partial charge >= 0.3 is 0 Å². The molecule has 0 spiro atoms. The molecule has 0 aliphatic carbocycles. The Hall–Kier alpha value is -1.36. The average molecular weight is 570 g/mol. The van der Waals surface area contributed by atoms with Crippen LogP contribution in [0.3, 0.4) is 0 Å². The standard InChI is InChI=1S/C24H35N5OS.HI/c1-20(21-7-4-3-5-8-21)27-24(10-16-30-17-11-24)19-26-23(25-2)29-14-12-28(13-15-29)22-9-6-18-31-22;/h3-9,18,20,27H,10-17,19H2,1-2H3,(H,25,26);1H. The monoisotopic (exact) mass is 569 g/mol. The van der Waals surface area contributed by atoms with Crippen LogP contribution in [0.5, 0.6) is 0 Å². The number of ether oxygens (including phenoxy) is 1. The van der Waals surface area contributed by atoms with Gasteiger partial charge < -0.3 is 25.2 Å². The summed E-state index contributed by atoms with van der Waals surface area (Å²) in [7, 11) is 1.89. The molecule has 176 valence electrons. The van der Waals surface area contributed by atoms with E-state index in [1.165, 1.54) is 10.6 Å². The van der Waals surface area contributed by atoms with Crippen LogP contribution >= 0.6 is 35.3 Å². The summed E-state index contributed by atoms with van der Waals surface area (Å²) < 4.78 is 5.70. The normalized spacial score (nSPS) is 19.9. The van der Waals surface area contributed by atoms with Crippen LogP contribution < -0.4 is 15.5 Å². The molecule has 1 atom stereocenters. The van der Waals surface area contributed by atoms with Crippen LogP contribution in [-0.4, -0.2) is 69.4 Å². The Morgan fingerprint density at radius 2 is 1.81 bits per heavy atom. The van der Waals surface area contributed by atoms with Gasteiger partial charge in [-0.25, -0.2) is 0 Å². The van der Waals surface area contributed by atoms with Crippen LogP contribution in [0.2, 0.25) is 0 Å². The largest absolute Gasteiger partial charge is 0.381 e. The van der Waals surface area contributed by atoms with E-state index in [9.17, 15) is 0 Å². The van der Waals surface area contributed by atoms with Gasteiger partial charge in [0.1, 0.15) is 0 Å². The summed E-state index contributed by atoms with van der Waals surface area (Å²) >= 11 is 1.82. The number of piperazine rings is 1. The molecule has 6 nitrogen and oxygen atoms in total. The van der Waals surface area contributed by atoms with E-state index < -0.39 is 0 Å². The fourth-order valence-corrected chi connectivity index (χ4v) is 5.37. The van der Waals surface area contributed by atoms with Gasteiger partial charge in [0.05, 0.1) is 5.00 Å². The lowest BCUT2D eigenvalue weighted by atomic mass is 9.88. The Morgan fingerprint density at radius 3 is 2.44 bits per heavy atom. The summed E-state index contributed by atoms with van der Waals surface area (Å²) in [6.45, 7) is 8.75. The fourth-order valence-electron chi connectivity index (χ4n) is 4.59. The van der Waals surface area contributed by atoms with E-state index in [-0.39, 0.29) is 35.6 Å². The van der Waals surface area contributed by atoms with Gasteiger partial charge in [0.2, 0.25) is 0 Å². The molecule has 0 saturated carbocycles. The molecule has 2 fully saturated rings. The van der Waals surface area contributed by atoms with Crippen molar-refractivity contribution in [2.75, 3.05) is 57.9 Å². The molecule has 1 unspecified atom stereocenters. The van der Waals surface area contributed by atoms with Crippen molar-refractivity contribution in [2.24, 2.45) is 4.99 Å². The second-order valence-electron chi connectivity index (χ2n) is 8.50. The second kappa shape index (κ2) is 12.2. The van der Waals surface area contributed by atoms with E-state index in [0.717, 1.165) is 64.7 Å². The minimum atomic E-state index is 0. The van der Waals surface area contributed by atoms with E-state index in [1.807, 2.05) is 18.4 Å². The number of anilines is 1. The highest BCUT2D eigenvalue weighted by atomic mass is 127. The number of thiophene rings is 1. The van der Waals surface area contributed by atoms with Crippen molar-refractivity contribution in [1.29, 1.82) is 0 Å². The number of aliphatic imine (C=N–C) groups is 1. The maximum atomic E-state index is 5.70. The van der Waals surface area contributed by atoms with E-state index in [0.29, 0.717) is 0 Å². The van der Waals surface area contributed by atoms with E-state index >= 15 is 0 Å². The Kier molecular flexibility index (Phi) is 9.63. The van der Waals surface area contributed by atoms with Crippen molar-refractivity contribution < 1.29 is 4.74 Å². The van der Waals surface area contributed by atoms with E-state index in [2.05, 4.69) is 80.2 Å². The van der Waals surface area contributed by atoms with Gasteiger partial charge in [-0.15, -0.1) is 35.3 Å². The minimum Gasteiger partial charge on any atom is -0.381 e. The highest BCUT2D eigenvalue weighted by molar-refractivity contribution is 14.0. The third-order valence-corrected chi connectivity index (χ3v) is 7.39. The van der Waals surface area contributed by atoms with Gasteiger partial charge in [-0.2, -0.15) is 0 Å². The molecular weight excluding hydrogens is 533 g/mol. The Bertz CT molecular complexity index is 818. The van der Waals surface area contributed by atoms with Gasteiger partial charge in [-0.1, -0.05) is 30.3 Å². The van der Waals surface area contributed by atoms with Crippen molar-refractivity contribution in [3.8, 4) is 0 Å². The highest BCUT2D eigenvalue weighted by Gasteiger charge is 2.34. The average Bonchev–Trinajstić information content (AvgIpc) is 3.36. The topological polar surface area (TPSA) is 52.1 Å². The summed E-state index contributed by atoms with van der Waals surface area (Å²) in [4.78, 5) is 9.47. The summed E-state index contributed by atoms with van der Waals surface area (Å²) in [6.07, 6.45) is 2.00. The van der Waals surface area contributed by atoms with Crippen LogP contribution in [0.25, 0.3) is 0 Å². The van der Waals surface area contributed by atoms with Crippen molar-refractivity contribution in [2.45, 2.75) is 31.3 Å². The number of nitrogens with zero attached hydrogens (tertiary/aromatic N) is 3. The molecule has 3 heterocycles. The summed E-state index contributed by atoms with van der Waals surface area (Å²) in [5, 5.41) is 11.1. The lowest BCUT2D eigenvalue weighted by molar-refractivity contribution is 0.0352. The maximum absolute atomic E-state index is 5.70. The van der Waals surface area contributed by atoms with Crippen molar-refractivity contribution in [1.82, 2.24) is 15.5 Å². The number of nitrogens with one attached hydrogen (secondary N) is 2. The first-order valence-electron chi connectivity index (χ1n) is 11.3. The molecule has 0 amide bonds. The predicted molar refractivity (Wildman–Crippen MR) is 146 cm³/mol. The Balaban J connectivity index is 0.00000289. The molecule has 0 bridgehead atoms. The zero-order valence-corrected chi connectivity index (χ0v) is 22.3. The SMILES string of the molecule is CN=C(NCC1(NC(C)c2ccccc2)CCOCC1)N1CCN(c2cccs2)CC1.I. The minimum absolute atomic E-state index is 0. The molecule has 4 rings (SSSR count). The number of guanidine groups is 1. The highest BCUT2D eigenvalue weighted by Crippen LogP contribution is 2.26. The van der Waals surface area contributed by atoms with Crippen LogP contribution in [0.1, 0.15) is 31.4 Å². The zero-order valence-electron chi connectivity index (χ0n) is 19.1. The first-order chi connectivity index (χ1) is 15.2. The van der Waals surface area contributed by atoms with Gasteiger partial charge in [0.25, 0.3) is 0 Å². The molecule has 1 aromatic carbocycles. The van der Waals surface area contributed by atoms with Crippen LogP contribution in [0.15, 0.2) is 52.8 Å². The number of hydrogen-bond acceptors (Lipinski definition) is 5. The van der Waals surface area contributed by atoms with Gasteiger partial charge in [-0.3, -0.25) is 4.99 Å². The maximum Gasteiger partial charge on any atom is 0.193 e. The third kappa shape index (κ3) is 6.36. The molecule has 1 aromatic heterocycles. The van der Waals surface area contributed by atoms with Crippen LogP contribution in [0.4, 0.5) is 5.00 Å². The summed E-state index contributed by atoms with van der Waals surface area (Å²) in [5.41, 5.74) is 1.32. The van der Waals surface area contributed by atoms with E-state index in [4.69, 9.17) is 4.74 Å². The van der Waals surface area contributed by atoms with Crippen LogP contribution in [-0.2, 0) is 4.74 Å². The quantitative estimate of drug-likeness (QED) is 0.314. The predicted octanol–water partition coefficient (Wildman–Crippen LogP) is 3.96. The van der Waals surface area contributed by atoms with Crippen molar-refractivity contribution in [3.63, 3.8) is 0 Å². The summed E-state index contributed by atoms with van der Waals surface area (Å²) in [5.74, 6) is 1.01. The lowest BCUT2D eigenvalue weighted by Gasteiger charge is -2.42. The number of benzene rings is 1. The molecule has 2 aliphatic heterocycles. The molecule has 32 heavy (non-hydrogen) atoms. The molecule has 0 radical (unpaired) electrons. The van der Waals surface area contributed by atoms with E-state index in [1.54, 1.807) is 0 Å². The first kappa shape index (κ1) is 25.3. The fraction of sp³-hybridized carbons (Fsp3) is 0.542. The second-order valence-corrected chi connectivity index (χ2v) is 9.42. The molecule has 2 N–H and O–H groups in total. The van der Waals surface area contributed by atoms with Gasteiger partial charge in [0.15, 0.2) is 5.96 Å². The van der Waals surface area contributed by atoms with Gasteiger partial charge in [0, 0.05) is 64.6 Å². The van der Waals surface area contributed by atoms with Crippen LogP contribution in [0, 0.1) is 0 Å². The molecule has 8 heteroatoms. The molecule has 2 aromatic rings. The number of halogens is 1. The smallest absolute Gasteiger partial charge is 0.193 e. The summed E-state index contributed by atoms with van der Waals surface area (Å²) in [6, 6.07) is 15.3. The zero-order chi connectivity index (χ0) is 21.5. The lowest BCUT2D eigenvalue weighted by Crippen LogP contribution is -2.60. The molecule has 2 aliphatic rings. The number of rotatable bonds is 6. The molecular formula is C24H36IN5OS. The van der Waals surface area contributed by atoms with Crippen molar-refractivity contribution in [3.05, 3.63) is 53.4 Å². The van der Waals surface area contributed by atoms with Gasteiger partial charge in [-0.05, 0) is 42.8 Å². The third-order valence-electron chi connectivity index (χ3n) is 6.47. The molecule has 2 saturated heterocycles. The number of hydrogen-bond donors (Lipinski definition) is 2.